The highest BCUT2D eigenvalue weighted by atomic mass is 16.2. The Hall–Kier alpha value is -3.15. The fourth-order valence-electron chi connectivity index (χ4n) is 3.51. The van der Waals surface area contributed by atoms with Crippen molar-refractivity contribution >= 4 is 5.91 Å². The molecule has 0 atom stereocenters. The van der Waals surface area contributed by atoms with E-state index in [1.807, 2.05) is 23.1 Å². The van der Waals surface area contributed by atoms with Gasteiger partial charge in [0, 0.05) is 26.6 Å². The summed E-state index contributed by atoms with van der Waals surface area (Å²) < 4.78 is 2.75. The van der Waals surface area contributed by atoms with Gasteiger partial charge < -0.3 is 4.90 Å². The van der Waals surface area contributed by atoms with Gasteiger partial charge in [-0.05, 0) is 34.7 Å². The first kappa shape index (κ1) is 17.3. The number of fused-ring (bicyclic) bond motifs is 1. The molecule has 3 aromatic rings. The molecular weight excluding hydrogens is 340 g/mol. The third-order valence-electron chi connectivity index (χ3n) is 5.10. The van der Waals surface area contributed by atoms with E-state index < -0.39 is 0 Å². The highest BCUT2D eigenvalue weighted by molar-refractivity contribution is 5.76. The van der Waals surface area contributed by atoms with E-state index >= 15 is 0 Å². The van der Waals surface area contributed by atoms with Gasteiger partial charge in [0.1, 0.15) is 6.33 Å². The molecule has 138 valence electrons. The van der Waals surface area contributed by atoms with Crippen molar-refractivity contribution in [2.45, 2.75) is 25.9 Å². The summed E-state index contributed by atoms with van der Waals surface area (Å²) in [6.45, 7) is 1.64. The van der Waals surface area contributed by atoms with Crippen LogP contribution in [0.15, 0.2) is 59.7 Å². The Bertz CT molecular complexity index is 1020. The van der Waals surface area contributed by atoms with Crippen LogP contribution in [0, 0.1) is 0 Å². The monoisotopic (exact) mass is 362 g/mol. The fraction of sp³-hybridized carbons (Fsp3) is 0.286. The predicted molar refractivity (Wildman–Crippen MR) is 103 cm³/mol. The van der Waals surface area contributed by atoms with Crippen LogP contribution in [0.25, 0.3) is 11.1 Å². The van der Waals surface area contributed by atoms with Gasteiger partial charge in [0.15, 0.2) is 0 Å². The Morgan fingerprint density at radius 1 is 1.07 bits per heavy atom. The van der Waals surface area contributed by atoms with E-state index in [1.165, 1.54) is 37.8 Å². The number of rotatable bonds is 4. The van der Waals surface area contributed by atoms with Gasteiger partial charge in [-0.25, -0.2) is 9.48 Å². The SMILES string of the molecule is Cn1cnn(CCC(=O)N2CCc3ccc(-c4ccccc4)cc3C2)c1=O. The molecule has 0 saturated heterocycles. The van der Waals surface area contributed by atoms with Gasteiger partial charge in [0.05, 0.1) is 6.54 Å². The minimum atomic E-state index is -0.195. The van der Waals surface area contributed by atoms with Crippen LogP contribution in [0.1, 0.15) is 17.5 Å². The average Bonchev–Trinajstić information content (AvgIpc) is 3.04. The Morgan fingerprint density at radius 2 is 1.89 bits per heavy atom. The molecule has 0 aliphatic carbocycles. The molecule has 6 heteroatoms. The number of benzene rings is 2. The second kappa shape index (κ2) is 7.23. The molecule has 0 unspecified atom stereocenters. The number of carbonyl (C=O) groups is 1. The van der Waals surface area contributed by atoms with E-state index in [0.717, 1.165) is 6.42 Å². The molecule has 0 fully saturated rings. The quantitative estimate of drug-likeness (QED) is 0.715. The minimum Gasteiger partial charge on any atom is -0.338 e. The molecular formula is C21H22N4O2. The van der Waals surface area contributed by atoms with Crippen LogP contribution in [0.5, 0.6) is 0 Å². The van der Waals surface area contributed by atoms with Crippen molar-refractivity contribution < 1.29 is 4.79 Å². The Balaban J connectivity index is 1.46. The number of nitrogens with zero attached hydrogens (tertiary/aromatic N) is 4. The van der Waals surface area contributed by atoms with Gasteiger partial charge in [0.25, 0.3) is 0 Å². The van der Waals surface area contributed by atoms with Crippen LogP contribution in [-0.4, -0.2) is 31.7 Å². The first-order valence-corrected chi connectivity index (χ1v) is 9.15. The first-order valence-electron chi connectivity index (χ1n) is 9.15. The molecule has 0 saturated carbocycles. The van der Waals surface area contributed by atoms with Crippen LogP contribution >= 0.6 is 0 Å². The van der Waals surface area contributed by atoms with Crippen molar-refractivity contribution in [1.82, 2.24) is 19.2 Å². The lowest BCUT2D eigenvalue weighted by Gasteiger charge is -2.29. The summed E-state index contributed by atoms with van der Waals surface area (Å²) in [5, 5.41) is 4.01. The number of hydrogen-bond donors (Lipinski definition) is 0. The van der Waals surface area contributed by atoms with Crippen molar-refractivity contribution in [1.29, 1.82) is 0 Å². The Morgan fingerprint density at radius 3 is 2.63 bits per heavy atom. The summed E-state index contributed by atoms with van der Waals surface area (Å²) in [6.07, 6.45) is 2.61. The summed E-state index contributed by atoms with van der Waals surface area (Å²) in [6, 6.07) is 16.8. The number of aromatic nitrogens is 3. The molecule has 0 spiro atoms. The molecule has 2 heterocycles. The summed E-state index contributed by atoms with van der Waals surface area (Å²) in [7, 11) is 1.65. The smallest absolute Gasteiger partial charge is 0.338 e. The van der Waals surface area contributed by atoms with E-state index in [9.17, 15) is 9.59 Å². The molecule has 0 bridgehead atoms. The lowest BCUT2D eigenvalue weighted by molar-refractivity contribution is -0.132. The summed E-state index contributed by atoms with van der Waals surface area (Å²) >= 11 is 0. The molecule has 0 radical (unpaired) electrons. The maximum atomic E-state index is 12.6. The van der Waals surface area contributed by atoms with Crippen molar-refractivity contribution in [3.05, 3.63) is 76.5 Å². The minimum absolute atomic E-state index is 0.0586. The maximum absolute atomic E-state index is 12.6. The summed E-state index contributed by atoms with van der Waals surface area (Å²) in [5.41, 5.74) is 4.66. The molecule has 1 amide bonds. The van der Waals surface area contributed by atoms with E-state index in [0.29, 0.717) is 19.6 Å². The van der Waals surface area contributed by atoms with Gasteiger partial charge in [-0.1, -0.05) is 42.5 Å². The summed E-state index contributed by atoms with van der Waals surface area (Å²) in [5.74, 6) is 0.0586. The third kappa shape index (κ3) is 3.56. The van der Waals surface area contributed by atoms with Crippen molar-refractivity contribution in [2.24, 2.45) is 7.05 Å². The van der Waals surface area contributed by atoms with Gasteiger partial charge in [-0.15, -0.1) is 0 Å². The molecule has 2 aromatic carbocycles. The van der Waals surface area contributed by atoms with E-state index in [1.54, 1.807) is 7.05 Å². The zero-order chi connectivity index (χ0) is 18.8. The number of aryl methyl sites for hydroxylation is 2. The number of hydrogen-bond acceptors (Lipinski definition) is 3. The first-order chi connectivity index (χ1) is 13.1. The maximum Gasteiger partial charge on any atom is 0.345 e. The summed E-state index contributed by atoms with van der Waals surface area (Å²) in [4.78, 5) is 26.3. The number of carbonyl (C=O) groups excluding carboxylic acids is 1. The van der Waals surface area contributed by atoms with Crippen molar-refractivity contribution in [2.75, 3.05) is 6.54 Å². The van der Waals surface area contributed by atoms with E-state index in [-0.39, 0.29) is 18.0 Å². The largest absolute Gasteiger partial charge is 0.345 e. The molecule has 1 aliphatic rings. The highest BCUT2D eigenvalue weighted by Gasteiger charge is 2.21. The average molecular weight is 362 g/mol. The molecule has 0 N–H and O–H groups in total. The third-order valence-corrected chi connectivity index (χ3v) is 5.10. The standard InChI is InChI=1S/C21H22N4O2/c1-23-15-22-25(21(23)27)12-10-20(26)24-11-9-17-7-8-18(13-19(17)14-24)16-5-3-2-4-6-16/h2-8,13,15H,9-12,14H2,1H3. The van der Waals surface area contributed by atoms with Gasteiger partial charge >= 0.3 is 5.69 Å². The van der Waals surface area contributed by atoms with Gasteiger partial charge in [-0.2, -0.15) is 5.10 Å². The molecule has 1 aliphatic heterocycles. The molecule has 27 heavy (non-hydrogen) atoms. The van der Waals surface area contributed by atoms with Crippen molar-refractivity contribution in [3.63, 3.8) is 0 Å². The Labute approximate surface area is 157 Å². The van der Waals surface area contributed by atoms with Gasteiger partial charge in [0.2, 0.25) is 5.91 Å². The van der Waals surface area contributed by atoms with Crippen LogP contribution in [-0.2, 0) is 31.4 Å². The molecule has 1 aromatic heterocycles. The van der Waals surface area contributed by atoms with Crippen LogP contribution in [0.4, 0.5) is 0 Å². The predicted octanol–water partition coefficient (Wildman–Crippen LogP) is 2.22. The van der Waals surface area contributed by atoms with E-state index in [4.69, 9.17) is 0 Å². The lowest BCUT2D eigenvalue weighted by atomic mass is 9.94. The van der Waals surface area contributed by atoms with Crippen LogP contribution < -0.4 is 5.69 Å². The second-order valence-electron chi connectivity index (χ2n) is 6.91. The normalized spacial score (nSPS) is 13.4. The number of amides is 1. The van der Waals surface area contributed by atoms with Crippen LogP contribution in [0.2, 0.25) is 0 Å². The molecule has 6 nitrogen and oxygen atoms in total. The zero-order valence-corrected chi connectivity index (χ0v) is 15.3. The van der Waals surface area contributed by atoms with Gasteiger partial charge in [-0.3, -0.25) is 9.36 Å². The van der Waals surface area contributed by atoms with Crippen LogP contribution in [0.3, 0.4) is 0 Å². The highest BCUT2D eigenvalue weighted by Crippen LogP contribution is 2.26. The topological polar surface area (TPSA) is 60.1 Å². The lowest BCUT2D eigenvalue weighted by Crippen LogP contribution is -2.37. The molecule has 4 rings (SSSR count). The zero-order valence-electron chi connectivity index (χ0n) is 15.3. The Kier molecular flexibility index (Phi) is 4.62. The second-order valence-corrected chi connectivity index (χ2v) is 6.91. The fourth-order valence-corrected chi connectivity index (χ4v) is 3.51. The van der Waals surface area contributed by atoms with Crippen molar-refractivity contribution in [3.8, 4) is 11.1 Å². The van der Waals surface area contributed by atoms with E-state index in [2.05, 4.69) is 35.4 Å².